The summed E-state index contributed by atoms with van der Waals surface area (Å²) in [5.74, 6) is 0. The van der Waals surface area contributed by atoms with E-state index in [4.69, 9.17) is 11.6 Å². The maximum atomic E-state index is 12.6. The third kappa shape index (κ3) is 2.44. The van der Waals surface area contributed by atoms with Crippen molar-refractivity contribution < 1.29 is 0 Å². The van der Waals surface area contributed by atoms with Gasteiger partial charge in [0.1, 0.15) is 5.39 Å². The summed E-state index contributed by atoms with van der Waals surface area (Å²) in [7, 11) is 0. The van der Waals surface area contributed by atoms with Gasteiger partial charge in [0, 0.05) is 11.2 Å². The van der Waals surface area contributed by atoms with E-state index in [9.17, 15) is 4.79 Å². The van der Waals surface area contributed by atoms with E-state index in [0.29, 0.717) is 27.8 Å². The smallest absolute Gasteiger partial charge is 0.267 e. The molecule has 0 N–H and O–H groups in total. The van der Waals surface area contributed by atoms with Crippen LogP contribution in [0, 0.1) is 0 Å². The third-order valence-electron chi connectivity index (χ3n) is 3.19. The fraction of sp³-hybridized carbons (Fsp3) is 0.133. The van der Waals surface area contributed by atoms with Crippen molar-refractivity contribution in [2.75, 3.05) is 6.26 Å². The Kier molecular flexibility index (Phi) is 4.04. The third-order valence-corrected chi connectivity index (χ3v) is 3.99. The molecule has 22 heavy (non-hydrogen) atoms. The lowest BCUT2D eigenvalue weighted by Gasteiger charge is -2.11. The highest BCUT2D eigenvalue weighted by Gasteiger charge is 2.16. The molecule has 1 aromatic carbocycles. The first-order chi connectivity index (χ1) is 10.7. The SMILES string of the molecule is C=CCn1c(=O)c2cnc(SC)nc2n1-c1cccc(Cl)c1. The van der Waals surface area contributed by atoms with Crippen molar-refractivity contribution in [1.82, 2.24) is 19.3 Å². The fourth-order valence-corrected chi connectivity index (χ4v) is 2.79. The largest absolute Gasteiger partial charge is 0.278 e. The molecule has 0 aliphatic carbocycles. The van der Waals surface area contributed by atoms with E-state index in [1.807, 2.05) is 18.4 Å². The lowest BCUT2D eigenvalue weighted by atomic mass is 10.3. The Morgan fingerprint density at radius 1 is 1.45 bits per heavy atom. The molecular formula is C15H13ClN4OS. The molecule has 2 heterocycles. The Labute approximate surface area is 136 Å². The van der Waals surface area contributed by atoms with Crippen LogP contribution >= 0.6 is 23.4 Å². The van der Waals surface area contributed by atoms with Crippen molar-refractivity contribution in [2.24, 2.45) is 0 Å². The van der Waals surface area contributed by atoms with Gasteiger partial charge < -0.3 is 0 Å². The quantitative estimate of drug-likeness (QED) is 0.418. The van der Waals surface area contributed by atoms with Crippen molar-refractivity contribution in [3.05, 3.63) is 58.5 Å². The Hall–Kier alpha value is -2.05. The van der Waals surface area contributed by atoms with Gasteiger partial charge >= 0.3 is 0 Å². The van der Waals surface area contributed by atoms with Gasteiger partial charge in [0.2, 0.25) is 0 Å². The number of aromatic nitrogens is 4. The van der Waals surface area contributed by atoms with Gasteiger partial charge in [-0.25, -0.2) is 19.3 Å². The number of halogens is 1. The molecule has 0 saturated carbocycles. The second kappa shape index (κ2) is 5.98. The highest BCUT2D eigenvalue weighted by molar-refractivity contribution is 7.98. The molecule has 3 rings (SSSR count). The number of hydrogen-bond donors (Lipinski definition) is 0. The summed E-state index contributed by atoms with van der Waals surface area (Å²) in [6.45, 7) is 4.09. The predicted octanol–water partition coefficient (Wildman–Crippen LogP) is 3.14. The van der Waals surface area contributed by atoms with Crippen molar-refractivity contribution in [3.63, 3.8) is 0 Å². The van der Waals surface area contributed by atoms with Crippen LogP contribution < -0.4 is 5.56 Å². The van der Waals surface area contributed by atoms with Crippen LogP contribution in [-0.4, -0.2) is 25.6 Å². The van der Waals surface area contributed by atoms with E-state index >= 15 is 0 Å². The van der Waals surface area contributed by atoms with Crippen molar-refractivity contribution in [1.29, 1.82) is 0 Å². The minimum absolute atomic E-state index is 0.150. The van der Waals surface area contributed by atoms with Crippen LogP contribution in [0.4, 0.5) is 0 Å². The first-order valence-electron chi connectivity index (χ1n) is 6.55. The summed E-state index contributed by atoms with van der Waals surface area (Å²) in [6.07, 6.45) is 5.13. The molecule has 0 fully saturated rings. The molecule has 0 aliphatic rings. The molecule has 3 aromatic rings. The van der Waals surface area contributed by atoms with Gasteiger partial charge in [-0.2, -0.15) is 0 Å². The van der Waals surface area contributed by atoms with Gasteiger partial charge in [-0.15, -0.1) is 6.58 Å². The molecule has 112 valence electrons. The van der Waals surface area contributed by atoms with E-state index in [1.165, 1.54) is 11.8 Å². The Bertz CT molecular complexity index is 916. The van der Waals surface area contributed by atoms with E-state index in [-0.39, 0.29) is 5.56 Å². The van der Waals surface area contributed by atoms with Gasteiger partial charge in [0.05, 0.1) is 12.2 Å². The van der Waals surface area contributed by atoms with Crippen molar-refractivity contribution >= 4 is 34.4 Å². The molecule has 2 aromatic heterocycles. The summed E-state index contributed by atoms with van der Waals surface area (Å²) < 4.78 is 3.33. The van der Waals surface area contributed by atoms with Gasteiger partial charge in [-0.1, -0.05) is 35.5 Å². The normalized spacial score (nSPS) is 11.0. The number of benzene rings is 1. The molecule has 0 atom stereocenters. The van der Waals surface area contributed by atoms with E-state index in [1.54, 1.807) is 33.8 Å². The number of allylic oxidation sites excluding steroid dienone is 1. The molecule has 0 spiro atoms. The summed E-state index contributed by atoms with van der Waals surface area (Å²) in [6, 6.07) is 7.30. The van der Waals surface area contributed by atoms with Gasteiger partial charge in [0.25, 0.3) is 5.56 Å². The van der Waals surface area contributed by atoms with Crippen LogP contribution in [0.1, 0.15) is 0 Å². The van der Waals surface area contributed by atoms with Crippen LogP contribution in [0.25, 0.3) is 16.7 Å². The highest BCUT2D eigenvalue weighted by Crippen LogP contribution is 2.20. The summed E-state index contributed by atoms with van der Waals surface area (Å²) >= 11 is 7.51. The number of rotatable bonds is 4. The zero-order valence-corrected chi connectivity index (χ0v) is 13.4. The van der Waals surface area contributed by atoms with E-state index in [2.05, 4.69) is 16.5 Å². The monoisotopic (exact) mass is 332 g/mol. The first kappa shape index (κ1) is 14.9. The second-order valence-corrected chi connectivity index (χ2v) is 5.77. The minimum atomic E-state index is -0.150. The number of nitrogens with zero attached hydrogens (tertiary/aromatic N) is 4. The maximum Gasteiger partial charge on any atom is 0.278 e. The van der Waals surface area contributed by atoms with Gasteiger partial charge in [-0.3, -0.25) is 4.79 Å². The van der Waals surface area contributed by atoms with E-state index in [0.717, 1.165) is 5.69 Å². The molecule has 0 bridgehead atoms. The standard InChI is InChI=1S/C15H13ClN4OS/c1-3-7-19-14(21)12-9-17-15(22-2)18-13(12)20(19)11-6-4-5-10(16)8-11/h3-6,8-9H,1,7H2,2H3. The number of fused-ring (bicyclic) bond motifs is 1. The zero-order valence-electron chi connectivity index (χ0n) is 11.9. The molecule has 0 aliphatic heterocycles. The van der Waals surface area contributed by atoms with Gasteiger partial charge in [0.15, 0.2) is 10.8 Å². The lowest BCUT2D eigenvalue weighted by molar-refractivity contribution is 0.605. The molecule has 0 unspecified atom stereocenters. The average Bonchev–Trinajstić information content (AvgIpc) is 2.80. The maximum absolute atomic E-state index is 12.6. The summed E-state index contributed by atoms with van der Waals surface area (Å²) in [4.78, 5) is 21.2. The molecule has 0 amide bonds. The number of hydrogen-bond acceptors (Lipinski definition) is 4. The molecular weight excluding hydrogens is 320 g/mol. The van der Waals surface area contributed by atoms with Crippen molar-refractivity contribution in [3.8, 4) is 5.69 Å². The zero-order chi connectivity index (χ0) is 15.7. The molecule has 0 saturated heterocycles. The minimum Gasteiger partial charge on any atom is -0.267 e. The second-order valence-electron chi connectivity index (χ2n) is 4.56. The van der Waals surface area contributed by atoms with E-state index < -0.39 is 0 Å². The molecule has 5 nitrogen and oxygen atoms in total. The Morgan fingerprint density at radius 3 is 2.95 bits per heavy atom. The van der Waals surface area contributed by atoms with Crippen LogP contribution in [0.5, 0.6) is 0 Å². The Morgan fingerprint density at radius 2 is 2.27 bits per heavy atom. The topological polar surface area (TPSA) is 52.7 Å². The van der Waals surface area contributed by atoms with Crippen molar-refractivity contribution in [2.45, 2.75) is 11.7 Å². The predicted molar refractivity (Wildman–Crippen MR) is 90.1 cm³/mol. The summed E-state index contributed by atoms with van der Waals surface area (Å²) in [5.41, 5.74) is 1.18. The van der Waals surface area contributed by atoms with Crippen LogP contribution in [0.2, 0.25) is 5.02 Å². The average molecular weight is 333 g/mol. The molecule has 7 heteroatoms. The number of thioether (sulfide) groups is 1. The highest BCUT2D eigenvalue weighted by atomic mass is 35.5. The lowest BCUT2D eigenvalue weighted by Crippen LogP contribution is -2.21. The van der Waals surface area contributed by atoms with Gasteiger partial charge in [-0.05, 0) is 24.5 Å². The summed E-state index contributed by atoms with van der Waals surface area (Å²) in [5, 5.41) is 1.68. The van der Waals surface area contributed by atoms with Crippen LogP contribution in [0.3, 0.4) is 0 Å². The van der Waals surface area contributed by atoms with Crippen LogP contribution in [0.15, 0.2) is 53.1 Å². The van der Waals surface area contributed by atoms with Crippen LogP contribution in [-0.2, 0) is 6.54 Å². The first-order valence-corrected chi connectivity index (χ1v) is 8.15. The fourth-order valence-electron chi connectivity index (χ4n) is 2.27. The molecule has 0 radical (unpaired) electrons. The Balaban J connectivity index is 2.41.